The molecule has 1 aliphatic rings. The van der Waals surface area contributed by atoms with E-state index in [2.05, 4.69) is 32.9 Å². The van der Waals surface area contributed by atoms with Crippen molar-refractivity contribution < 1.29 is 4.74 Å². The van der Waals surface area contributed by atoms with Gasteiger partial charge in [-0.1, -0.05) is 0 Å². The molecule has 1 rings (SSSR count). The summed E-state index contributed by atoms with van der Waals surface area (Å²) in [5.74, 6) is 0. The molecular weight excluding hydrogens is 229 g/mol. The van der Waals surface area contributed by atoms with E-state index in [4.69, 9.17) is 4.74 Å². The molecule has 0 bridgehead atoms. The van der Waals surface area contributed by atoms with E-state index >= 15 is 0 Å². The predicted octanol–water partition coefficient (Wildman–Crippen LogP) is 1.45. The van der Waals surface area contributed by atoms with E-state index in [-0.39, 0.29) is 0 Å². The van der Waals surface area contributed by atoms with Crippen molar-refractivity contribution >= 4 is 22.9 Å². The Labute approximate surface area is 70.0 Å². The number of halogens is 1. The standard InChI is InChI=1S/C6H12INO/c1-6-2-4-9-5-3-8(6)7/h6H,2-5H2,1H3. The highest BCUT2D eigenvalue weighted by Crippen LogP contribution is 2.12. The summed E-state index contributed by atoms with van der Waals surface area (Å²) in [7, 11) is 0. The second kappa shape index (κ2) is 3.73. The van der Waals surface area contributed by atoms with Gasteiger partial charge in [0.15, 0.2) is 0 Å². The summed E-state index contributed by atoms with van der Waals surface area (Å²) in [6.45, 7) is 5.14. The number of rotatable bonds is 0. The molecule has 1 heterocycles. The van der Waals surface area contributed by atoms with Gasteiger partial charge < -0.3 is 4.74 Å². The molecule has 0 aliphatic carbocycles. The lowest BCUT2D eigenvalue weighted by Crippen LogP contribution is -2.23. The number of ether oxygens (including phenoxy) is 1. The van der Waals surface area contributed by atoms with Crippen LogP contribution in [-0.2, 0) is 4.74 Å². The van der Waals surface area contributed by atoms with Crippen molar-refractivity contribution in [2.45, 2.75) is 19.4 Å². The normalized spacial score (nSPS) is 32.0. The van der Waals surface area contributed by atoms with Crippen LogP contribution in [0.5, 0.6) is 0 Å². The Morgan fingerprint density at radius 2 is 2.33 bits per heavy atom. The highest BCUT2D eigenvalue weighted by Gasteiger charge is 2.13. The number of hydrogen-bond acceptors (Lipinski definition) is 2. The minimum Gasteiger partial charge on any atom is -0.380 e. The second-order valence-electron chi connectivity index (χ2n) is 2.37. The highest BCUT2D eigenvalue weighted by atomic mass is 127. The van der Waals surface area contributed by atoms with E-state index in [1.54, 1.807) is 0 Å². The molecule has 54 valence electrons. The summed E-state index contributed by atoms with van der Waals surface area (Å²) < 4.78 is 7.60. The van der Waals surface area contributed by atoms with Crippen molar-refractivity contribution in [2.75, 3.05) is 19.8 Å². The van der Waals surface area contributed by atoms with Gasteiger partial charge in [0.1, 0.15) is 0 Å². The maximum Gasteiger partial charge on any atom is 0.0601 e. The highest BCUT2D eigenvalue weighted by molar-refractivity contribution is 14.1. The van der Waals surface area contributed by atoms with Crippen LogP contribution in [0.2, 0.25) is 0 Å². The van der Waals surface area contributed by atoms with Crippen LogP contribution in [-0.4, -0.2) is 28.9 Å². The van der Waals surface area contributed by atoms with Crippen LogP contribution in [0.1, 0.15) is 13.3 Å². The van der Waals surface area contributed by atoms with Crippen LogP contribution < -0.4 is 0 Å². The SMILES string of the molecule is CC1CCOCCN1I. The van der Waals surface area contributed by atoms with Crippen molar-refractivity contribution in [1.82, 2.24) is 3.11 Å². The van der Waals surface area contributed by atoms with E-state index in [9.17, 15) is 0 Å². The monoisotopic (exact) mass is 241 g/mol. The molecule has 0 aromatic carbocycles. The average molecular weight is 241 g/mol. The third-order valence-corrected chi connectivity index (χ3v) is 3.04. The van der Waals surface area contributed by atoms with Gasteiger partial charge >= 0.3 is 0 Å². The zero-order valence-electron chi connectivity index (χ0n) is 5.64. The lowest BCUT2D eigenvalue weighted by Gasteiger charge is -2.16. The minimum atomic E-state index is 0.688. The van der Waals surface area contributed by atoms with Crippen LogP contribution in [0.25, 0.3) is 0 Å². The average Bonchev–Trinajstić information content (AvgIpc) is 1.99. The quantitative estimate of drug-likeness (QED) is 0.470. The van der Waals surface area contributed by atoms with Gasteiger partial charge in [-0.05, 0) is 13.3 Å². The van der Waals surface area contributed by atoms with Gasteiger partial charge in [0.25, 0.3) is 0 Å². The number of nitrogens with zero attached hydrogens (tertiary/aromatic N) is 1. The molecule has 0 N–H and O–H groups in total. The Morgan fingerprint density at radius 3 is 3.11 bits per heavy atom. The summed E-state index contributed by atoms with van der Waals surface area (Å²) in [5, 5.41) is 0. The Hall–Kier alpha value is 0.650. The van der Waals surface area contributed by atoms with Gasteiger partial charge in [-0.25, -0.2) is 3.11 Å². The molecule has 0 aromatic rings. The molecule has 3 heteroatoms. The Kier molecular flexibility index (Phi) is 3.21. The summed E-state index contributed by atoms with van der Waals surface area (Å²) in [6.07, 6.45) is 1.17. The van der Waals surface area contributed by atoms with E-state index in [0.717, 1.165) is 19.8 Å². The van der Waals surface area contributed by atoms with E-state index in [1.807, 2.05) is 0 Å². The van der Waals surface area contributed by atoms with Crippen LogP contribution in [0.4, 0.5) is 0 Å². The molecule has 2 nitrogen and oxygen atoms in total. The topological polar surface area (TPSA) is 12.5 Å². The van der Waals surface area contributed by atoms with Gasteiger partial charge in [-0.2, -0.15) is 0 Å². The van der Waals surface area contributed by atoms with E-state index in [0.29, 0.717) is 6.04 Å². The van der Waals surface area contributed by atoms with Crippen LogP contribution in [0.15, 0.2) is 0 Å². The first-order chi connectivity index (χ1) is 4.30. The van der Waals surface area contributed by atoms with Crippen molar-refractivity contribution in [3.05, 3.63) is 0 Å². The first kappa shape index (κ1) is 7.75. The number of hydrogen-bond donors (Lipinski definition) is 0. The maximum atomic E-state index is 5.29. The molecule has 0 saturated carbocycles. The van der Waals surface area contributed by atoms with Crippen LogP contribution >= 0.6 is 22.9 Å². The Balaban J connectivity index is 2.32. The smallest absolute Gasteiger partial charge is 0.0601 e. The molecule has 1 unspecified atom stereocenters. The fourth-order valence-electron chi connectivity index (χ4n) is 0.868. The fourth-order valence-corrected chi connectivity index (χ4v) is 1.34. The molecule has 0 radical (unpaired) electrons. The Bertz CT molecular complexity index is 79.1. The van der Waals surface area contributed by atoms with Gasteiger partial charge in [0.2, 0.25) is 0 Å². The molecular formula is C6H12INO. The first-order valence-corrected chi connectivity index (χ1v) is 4.27. The molecule has 1 saturated heterocycles. The third-order valence-electron chi connectivity index (χ3n) is 1.61. The largest absolute Gasteiger partial charge is 0.380 e. The van der Waals surface area contributed by atoms with Gasteiger partial charge in [0.05, 0.1) is 6.61 Å². The lowest BCUT2D eigenvalue weighted by molar-refractivity contribution is 0.148. The summed E-state index contributed by atoms with van der Waals surface area (Å²) >= 11 is 2.36. The van der Waals surface area contributed by atoms with Gasteiger partial charge in [-0.3, -0.25) is 0 Å². The van der Waals surface area contributed by atoms with E-state index in [1.165, 1.54) is 6.42 Å². The lowest BCUT2D eigenvalue weighted by atomic mass is 10.2. The van der Waals surface area contributed by atoms with Crippen LogP contribution in [0, 0.1) is 0 Å². The summed E-state index contributed by atoms with van der Waals surface area (Å²) in [4.78, 5) is 0. The third kappa shape index (κ3) is 2.39. The maximum absolute atomic E-state index is 5.29. The van der Waals surface area contributed by atoms with Crippen molar-refractivity contribution in [3.8, 4) is 0 Å². The molecule has 9 heavy (non-hydrogen) atoms. The fraction of sp³-hybridized carbons (Fsp3) is 1.00. The summed E-state index contributed by atoms with van der Waals surface area (Å²) in [5.41, 5.74) is 0. The van der Waals surface area contributed by atoms with Gasteiger partial charge in [-0.15, -0.1) is 0 Å². The minimum absolute atomic E-state index is 0.688. The summed E-state index contributed by atoms with van der Waals surface area (Å²) in [6, 6.07) is 0.688. The van der Waals surface area contributed by atoms with Gasteiger partial charge in [0, 0.05) is 42.1 Å². The predicted molar refractivity (Wildman–Crippen MR) is 45.6 cm³/mol. The molecule has 0 spiro atoms. The van der Waals surface area contributed by atoms with E-state index < -0.39 is 0 Å². The second-order valence-corrected chi connectivity index (χ2v) is 3.61. The molecule has 1 aliphatic heterocycles. The molecule has 0 amide bonds. The molecule has 0 aromatic heterocycles. The zero-order valence-corrected chi connectivity index (χ0v) is 7.80. The molecule has 1 atom stereocenters. The first-order valence-electron chi connectivity index (χ1n) is 3.31. The van der Waals surface area contributed by atoms with Crippen molar-refractivity contribution in [3.63, 3.8) is 0 Å². The van der Waals surface area contributed by atoms with Crippen molar-refractivity contribution in [1.29, 1.82) is 0 Å². The van der Waals surface area contributed by atoms with Crippen molar-refractivity contribution in [2.24, 2.45) is 0 Å². The van der Waals surface area contributed by atoms with Crippen LogP contribution in [0.3, 0.4) is 0 Å². The Morgan fingerprint density at radius 1 is 1.56 bits per heavy atom. The molecule has 1 fully saturated rings. The zero-order chi connectivity index (χ0) is 6.69.